The lowest BCUT2D eigenvalue weighted by atomic mass is 9.99. The van der Waals surface area contributed by atoms with Crippen molar-refractivity contribution in [3.8, 4) is 0 Å². The molecule has 0 spiro atoms. The van der Waals surface area contributed by atoms with Crippen molar-refractivity contribution in [2.75, 3.05) is 5.32 Å². The Hall–Kier alpha value is -1.35. The average Bonchev–Trinajstić information content (AvgIpc) is 2.37. The SMILES string of the molecule is Cc1cc(Br)cnc1NCc1ccc(C)c(C)c1C. The summed E-state index contributed by atoms with van der Waals surface area (Å²) in [7, 11) is 0. The van der Waals surface area contributed by atoms with Gasteiger partial charge in [0.1, 0.15) is 5.82 Å². The van der Waals surface area contributed by atoms with Gasteiger partial charge in [0.05, 0.1) is 0 Å². The molecule has 2 rings (SSSR count). The number of aryl methyl sites for hydroxylation is 2. The number of nitrogens with one attached hydrogen (secondary N) is 1. The first-order valence-corrected chi connectivity index (χ1v) is 7.20. The first-order valence-electron chi connectivity index (χ1n) is 6.40. The van der Waals surface area contributed by atoms with E-state index in [1.807, 2.05) is 6.20 Å². The van der Waals surface area contributed by atoms with E-state index in [0.717, 1.165) is 22.4 Å². The summed E-state index contributed by atoms with van der Waals surface area (Å²) in [6.45, 7) is 9.38. The molecule has 1 aromatic carbocycles. The van der Waals surface area contributed by atoms with Crippen molar-refractivity contribution in [3.63, 3.8) is 0 Å². The molecule has 0 fully saturated rings. The summed E-state index contributed by atoms with van der Waals surface area (Å²) >= 11 is 3.43. The molecular formula is C16H19BrN2. The number of aromatic nitrogens is 1. The fourth-order valence-corrected chi connectivity index (χ4v) is 2.55. The molecule has 0 aliphatic rings. The second kappa shape index (κ2) is 5.74. The Morgan fingerprint density at radius 1 is 1.05 bits per heavy atom. The molecule has 0 saturated carbocycles. The van der Waals surface area contributed by atoms with Crippen LogP contribution in [0.3, 0.4) is 0 Å². The van der Waals surface area contributed by atoms with Gasteiger partial charge in [-0.05, 0) is 77.5 Å². The highest BCUT2D eigenvalue weighted by atomic mass is 79.9. The van der Waals surface area contributed by atoms with Crippen molar-refractivity contribution in [2.45, 2.75) is 34.2 Å². The van der Waals surface area contributed by atoms with Crippen molar-refractivity contribution in [1.29, 1.82) is 0 Å². The van der Waals surface area contributed by atoms with Crippen LogP contribution in [0.5, 0.6) is 0 Å². The highest BCUT2D eigenvalue weighted by Crippen LogP contribution is 2.20. The maximum Gasteiger partial charge on any atom is 0.129 e. The van der Waals surface area contributed by atoms with Gasteiger partial charge in [0, 0.05) is 17.2 Å². The lowest BCUT2D eigenvalue weighted by Gasteiger charge is -2.13. The molecule has 1 heterocycles. The van der Waals surface area contributed by atoms with Gasteiger partial charge in [-0.15, -0.1) is 0 Å². The molecular weight excluding hydrogens is 300 g/mol. The summed E-state index contributed by atoms with van der Waals surface area (Å²) in [5, 5.41) is 3.41. The fourth-order valence-electron chi connectivity index (χ4n) is 2.11. The van der Waals surface area contributed by atoms with E-state index in [0.29, 0.717) is 0 Å². The first kappa shape index (κ1) is 14.1. The number of pyridine rings is 1. The minimum Gasteiger partial charge on any atom is -0.366 e. The predicted octanol–water partition coefficient (Wildman–Crippen LogP) is 4.69. The van der Waals surface area contributed by atoms with E-state index in [4.69, 9.17) is 0 Å². The van der Waals surface area contributed by atoms with Crippen LogP contribution in [0.4, 0.5) is 5.82 Å². The molecule has 0 atom stereocenters. The number of rotatable bonds is 3. The monoisotopic (exact) mass is 318 g/mol. The van der Waals surface area contributed by atoms with Crippen LogP contribution in [0.2, 0.25) is 0 Å². The van der Waals surface area contributed by atoms with Crippen molar-refractivity contribution >= 4 is 21.7 Å². The smallest absolute Gasteiger partial charge is 0.129 e. The summed E-state index contributed by atoms with van der Waals surface area (Å²) in [4.78, 5) is 4.40. The summed E-state index contributed by atoms with van der Waals surface area (Å²) in [6, 6.07) is 6.45. The molecule has 0 unspecified atom stereocenters. The van der Waals surface area contributed by atoms with Gasteiger partial charge in [-0.2, -0.15) is 0 Å². The number of hydrogen-bond acceptors (Lipinski definition) is 2. The van der Waals surface area contributed by atoms with Gasteiger partial charge in [-0.3, -0.25) is 0 Å². The molecule has 2 nitrogen and oxygen atoms in total. The summed E-state index contributed by atoms with van der Waals surface area (Å²) in [5.41, 5.74) is 6.56. The van der Waals surface area contributed by atoms with E-state index >= 15 is 0 Å². The van der Waals surface area contributed by atoms with Crippen LogP contribution < -0.4 is 5.32 Å². The van der Waals surface area contributed by atoms with Crippen molar-refractivity contribution in [1.82, 2.24) is 4.98 Å². The Kier molecular flexibility index (Phi) is 4.25. The zero-order valence-electron chi connectivity index (χ0n) is 11.8. The molecule has 19 heavy (non-hydrogen) atoms. The molecule has 0 aliphatic heterocycles. The van der Waals surface area contributed by atoms with Crippen LogP contribution in [0.25, 0.3) is 0 Å². The third-order valence-corrected chi connectivity index (χ3v) is 4.10. The van der Waals surface area contributed by atoms with Gasteiger partial charge >= 0.3 is 0 Å². The quantitative estimate of drug-likeness (QED) is 0.888. The Balaban J connectivity index is 2.17. The second-order valence-corrected chi connectivity index (χ2v) is 5.88. The lowest BCUT2D eigenvalue weighted by molar-refractivity contribution is 1.06. The molecule has 0 aliphatic carbocycles. The topological polar surface area (TPSA) is 24.9 Å². The van der Waals surface area contributed by atoms with E-state index in [2.05, 4.69) is 72.1 Å². The Bertz CT molecular complexity index is 606. The summed E-state index contributed by atoms with van der Waals surface area (Å²) in [6.07, 6.45) is 1.82. The van der Waals surface area contributed by atoms with Gasteiger partial charge in [-0.1, -0.05) is 12.1 Å². The molecule has 3 heteroatoms. The summed E-state index contributed by atoms with van der Waals surface area (Å²) in [5.74, 6) is 0.945. The highest BCUT2D eigenvalue weighted by molar-refractivity contribution is 9.10. The number of halogens is 1. The lowest BCUT2D eigenvalue weighted by Crippen LogP contribution is -2.05. The molecule has 0 amide bonds. The Labute approximate surface area is 123 Å². The van der Waals surface area contributed by atoms with E-state index in [1.54, 1.807) is 0 Å². The van der Waals surface area contributed by atoms with Crippen LogP contribution in [-0.4, -0.2) is 4.98 Å². The van der Waals surface area contributed by atoms with Gasteiger partial charge < -0.3 is 5.32 Å². The zero-order chi connectivity index (χ0) is 14.0. The van der Waals surface area contributed by atoms with Crippen molar-refractivity contribution in [3.05, 3.63) is 56.7 Å². The van der Waals surface area contributed by atoms with E-state index < -0.39 is 0 Å². The van der Waals surface area contributed by atoms with Crippen LogP contribution >= 0.6 is 15.9 Å². The normalized spacial score (nSPS) is 10.6. The molecule has 0 bridgehead atoms. The molecule has 0 saturated heterocycles. The number of anilines is 1. The minimum absolute atomic E-state index is 0.808. The molecule has 0 radical (unpaired) electrons. The van der Waals surface area contributed by atoms with Crippen molar-refractivity contribution < 1.29 is 0 Å². The Morgan fingerprint density at radius 3 is 2.47 bits per heavy atom. The standard InChI is InChI=1S/C16H19BrN2/c1-10-5-6-14(13(4)12(10)3)8-18-16-11(2)7-15(17)9-19-16/h5-7,9H,8H2,1-4H3,(H,18,19). The maximum absolute atomic E-state index is 4.40. The van der Waals surface area contributed by atoms with E-state index in [9.17, 15) is 0 Å². The van der Waals surface area contributed by atoms with Gasteiger partial charge in [0.2, 0.25) is 0 Å². The number of hydrogen-bond donors (Lipinski definition) is 1. The largest absolute Gasteiger partial charge is 0.366 e. The van der Waals surface area contributed by atoms with Crippen LogP contribution in [0.1, 0.15) is 27.8 Å². The first-order chi connectivity index (χ1) is 8.99. The third-order valence-electron chi connectivity index (χ3n) is 3.66. The zero-order valence-corrected chi connectivity index (χ0v) is 13.4. The van der Waals surface area contributed by atoms with E-state index in [-0.39, 0.29) is 0 Å². The summed E-state index contributed by atoms with van der Waals surface area (Å²) < 4.78 is 1.01. The number of nitrogens with zero attached hydrogens (tertiary/aromatic N) is 1. The minimum atomic E-state index is 0.808. The fraction of sp³-hybridized carbons (Fsp3) is 0.312. The third kappa shape index (κ3) is 3.16. The molecule has 1 aromatic heterocycles. The average molecular weight is 319 g/mol. The van der Waals surface area contributed by atoms with E-state index in [1.165, 1.54) is 22.3 Å². The molecule has 100 valence electrons. The van der Waals surface area contributed by atoms with Crippen LogP contribution in [0.15, 0.2) is 28.9 Å². The van der Waals surface area contributed by atoms with Crippen molar-refractivity contribution in [2.24, 2.45) is 0 Å². The number of benzene rings is 1. The highest BCUT2D eigenvalue weighted by Gasteiger charge is 2.05. The van der Waals surface area contributed by atoms with Gasteiger partial charge in [-0.25, -0.2) is 4.98 Å². The molecule has 2 aromatic rings. The maximum atomic E-state index is 4.40. The second-order valence-electron chi connectivity index (χ2n) is 4.96. The predicted molar refractivity (Wildman–Crippen MR) is 84.7 cm³/mol. The molecule has 1 N–H and O–H groups in total. The van der Waals surface area contributed by atoms with Gasteiger partial charge in [0.15, 0.2) is 0 Å². The van der Waals surface area contributed by atoms with Gasteiger partial charge in [0.25, 0.3) is 0 Å². The Morgan fingerprint density at radius 2 is 1.79 bits per heavy atom. The van der Waals surface area contributed by atoms with Crippen LogP contribution in [0, 0.1) is 27.7 Å². The van der Waals surface area contributed by atoms with Crippen LogP contribution in [-0.2, 0) is 6.54 Å².